The van der Waals surface area contributed by atoms with Gasteiger partial charge in [0.25, 0.3) is 0 Å². The summed E-state index contributed by atoms with van der Waals surface area (Å²) in [7, 11) is 0. The van der Waals surface area contributed by atoms with Gasteiger partial charge in [-0.15, -0.1) is 0 Å². The molecule has 0 aliphatic heterocycles. The molecule has 1 atom stereocenters. The van der Waals surface area contributed by atoms with Crippen molar-refractivity contribution in [1.29, 1.82) is 0 Å². The van der Waals surface area contributed by atoms with Crippen molar-refractivity contribution in [2.75, 3.05) is 0 Å². The molecule has 0 rings (SSSR count). The predicted molar refractivity (Wildman–Crippen MR) is 70.7 cm³/mol. The Hall–Kier alpha value is 0. The van der Waals surface area contributed by atoms with Crippen LogP contribution in [0.2, 0.25) is 0 Å². The number of unbranched alkanes of at least 4 members (excludes halogenated alkanes) is 6. The molecule has 0 N–H and O–H groups in total. The Morgan fingerprint density at radius 2 is 1.20 bits per heavy atom. The third-order valence-corrected chi connectivity index (χ3v) is 3.30. The van der Waals surface area contributed by atoms with Gasteiger partial charge in [-0.2, -0.15) is 0 Å². The Morgan fingerprint density at radius 1 is 0.733 bits per heavy atom. The van der Waals surface area contributed by atoms with Crippen LogP contribution in [0.15, 0.2) is 0 Å². The quantitative estimate of drug-likeness (QED) is 0.390. The fourth-order valence-electron chi connectivity index (χ4n) is 2.13. The lowest BCUT2D eigenvalue weighted by Crippen LogP contribution is -1.99. The van der Waals surface area contributed by atoms with Crippen LogP contribution in [0.5, 0.6) is 0 Å². The van der Waals surface area contributed by atoms with Gasteiger partial charge in [0, 0.05) is 0 Å². The van der Waals surface area contributed by atoms with E-state index in [1.54, 1.807) is 0 Å². The normalized spacial score (nSPS) is 13.0. The van der Waals surface area contributed by atoms with Crippen molar-refractivity contribution in [1.82, 2.24) is 0 Å². The molecule has 0 spiro atoms. The first kappa shape index (κ1) is 15.0. The number of hydrogen-bond donors (Lipinski definition) is 0. The molecule has 0 saturated carbocycles. The van der Waals surface area contributed by atoms with Gasteiger partial charge in [0.15, 0.2) is 0 Å². The first-order chi connectivity index (χ1) is 7.35. The molecule has 0 aromatic heterocycles. The smallest absolute Gasteiger partial charge is 0.0417 e. The molecule has 0 aromatic carbocycles. The van der Waals surface area contributed by atoms with E-state index in [2.05, 4.69) is 20.8 Å². The summed E-state index contributed by atoms with van der Waals surface area (Å²) in [5.74, 6) is 0.983. The predicted octanol–water partition coefficient (Wildman–Crippen LogP) is 5.58. The Bertz CT molecular complexity index is 107. The second kappa shape index (κ2) is 12.1. The molecule has 0 amide bonds. The van der Waals surface area contributed by atoms with Crippen LogP contribution in [0.1, 0.15) is 77.6 Å². The second-order valence-corrected chi connectivity index (χ2v) is 4.68. The van der Waals surface area contributed by atoms with Crippen LogP contribution in [0.25, 0.3) is 0 Å². The Morgan fingerprint density at radius 3 is 1.73 bits per heavy atom. The van der Waals surface area contributed by atoms with Crippen LogP contribution in [0.4, 0.5) is 0 Å². The molecule has 0 nitrogen and oxygen atoms in total. The Kier molecular flexibility index (Phi) is 12.1. The highest BCUT2D eigenvalue weighted by Crippen LogP contribution is 2.20. The van der Waals surface area contributed by atoms with Gasteiger partial charge in [-0.25, -0.2) is 0 Å². The van der Waals surface area contributed by atoms with Gasteiger partial charge >= 0.3 is 0 Å². The fraction of sp³-hybridized carbons (Fsp3) is 0.867. The first-order valence-electron chi connectivity index (χ1n) is 6.93. The first-order valence-corrected chi connectivity index (χ1v) is 6.93. The van der Waals surface area contributed by atoms with Crippen LogP contribution in [0, 0.1) is 19.8 Å². The average Bonchev–Trinajstić information content (AvgIpc) is 2.26. The zero-order chi connectivity index (χ0) is 11.4. The SMILES string of the molecule is [CH2]CCCCCCC(CC)CCCC[CH2]. The summed E-state index contributed by atoms with van der Waals surface area (Å²) in [6, 6.07) is 0. The summed E-state index contributed by atoms with van der Waals surface area (Å²) in [6.07, 6.45) is 14.7. The Labute approximate surface area is 97.8 Å². The topological polar surface area (TPSA) is 0 Å². The van der Waals surface area contributed by atoms with Gasteiger partial charge in [0.2, 0.25) is 0 Å². The standard InChI is InChI=1S/C15H30/c1-4-7-9-10-12-14-15(6-3)13-11-8-5-2/h15H,1-2,4-14H2,3H3. The van der Waals surface area contributed by atoms with E-state index in [0.717, 1.165) is 18.8 Å². The number of hydrogen-bond acceptors (Lipinski definition) is 0. The van der Waals surface area contributed by atoms with E-state index in [1.165, 1.54) is 57.8 Å². The maximum Gasteiger partial charge on any atom is -0.0417 e. The number of rotatable bonds is 11. The van der Waals surface area contributed by atoms with E-state index in [9.17, 15) is 0 Å². The van der Waals surface area contributed by atoms with Gasteiger partial charge in [0.1, 0.15) is 0 Å². The van der Waals surface area contributed by atoms with Crippen LogP contribution in [-0.4, -0.2) is 0 Å². The van der Waals surface area contributed by atoms with Crippen molar-refractivity contribution < 1.29 is 0 Å². The third-order valence-electron chi connectivity index (χ3n) is 3.30. The fourth-order valence-corrected chi connectivity index (χ4v) is 2.13. The van der Waals surface area contributed by atoms with Crippen LogP contribution < -0.4 is 0 Å². The van der Waals surface area contributed by atoms with Gasteiger partial charge in [-0.1, -0.05) is 91.4 Å². The zero-order valence-electron chi connectivity index (χ0n) is 10.8. The van der Waals surface area contributed by atoms with Crippen molar-refractivity contribution >= 4 is 0 Å². The minimum atomic E-state index is 0.983. The molecule has 0 heterocycles. The van der Waals surface area contributed by atoms with Crippen molar-refractivity contribution in [3.8, 4) is 0 Å². The lowest BCUT2D eigenvalue weighted by molar-refractivity contribution is 0.398. The van der Waals surface area contributed by atoms with E-state index in [0.29, 0.717) is 0 Å². The highest BCUT2D eigenvalue weighted by atomic mass is 14.1. The molecule has 0 fully saturated rings. The highest BCUT2D eigenvalue weighted by Gasteiger charge is 2.05. The van der Waals surface area contributed by atoms with Crippen LogP contribution >= 0.6 is 0 Å². The van der Waals surface area contributed by atoms with Gasteiger partial charge in [-0.05, 0) is 5.92 Å². The molecule has 1 unspecified atom stereocenters. The summed E-state index contributed by atoms with van der Waals surface area (Å²) in [4.78, 5) is 0. The van der Waals surface area contributed by atoms with E-state index < -0.39 is 0 Å². The molecule has 0 heteroatoms. The largest absolute Gasteiger partial charge is 0.0651 e. The lowest BCUT2D eigenvalue weighted by atomic mass is 9.92. The molecular formula is C15H30. The highest BCUT2D eigenvalue weighted by molar-refractivity contribution is 4.59. The molecule has 0 aliphatic carbocycles. The van der Waals surface area contributed by atoms with E-state index in [4.69, 9.17) is 0 Å². The molecule has 0 bridgehead atoms. The van der Waals surface area contributed by atoms with Crippen molar-refractivity contribution in [2.45, 2.75) is 77.6 Å². The minimum absolute atomic E-state index is 0.983. The van der Waals surface area contributed by atoms with E-state index in [-0.39, 0.29) is 0 Å². The Balaban J connectivity index is 3.28. The summed E-state index contributed by atoms with van der Waals surface area (Å²) in [6.45, 7) is 10.1. The second-order valence-electron chi connectivity index (χ2n) is 4.68. The maximum atomic E-state index is 3.90. The van der Waals surface area contributed by atoms with Crippen molar-refractivity contribution in [2.24, 2.45) is 5.92 Å². The summed E-state index contributed by atoms with van der Waals surface area (Å²) < 4.78 is 0. The molecule has 15 heavy (non-hydrogen) atoms. The average molecular weight is 210 g/mol. The summed E-state index contributed by atoms with van der Waals surface area (Å²) in [5, 5.41) is 0. The van der Waals surface area contributed by atoms with Gasteiger partial charge in [0.05, 0.1) is 0 Å². The molecule has 2 radical (unpaired) electrons. The van der Waals surface area contributed by atoms with Crippen molar-refractivity contribution in [3.63, 3.8) is 0 Å². The minimum Gasteiger partial charge on any atom is -0.0651 e. The summed E-state index contributed by atoms with van der Waals surface area (Å²) >= 11 is 0. The van der Waals surface area contributed by atoms with Gasteiger partial charge in [-0.3, -0.25) is 0 Å². The maximum absolute atomic E-state index is 3.90. The molecule has 0 saturated heterocycles. The molecule has 0 aromatic rings. The monoisotopic (exact) mass is 210 g/mol. The van der Waals surface area contributed by atoms with E-state index in [1.807, 2.05) is 0 Å². The molecule has 0 aliphatic rings. The molecular weight excluding hydrogens is 180 g/mol. The summed E-state index contributed by atoms with van der Waals surface area (Å²) in [5.41, 5.74) is 0. The third kappa shape index (κ3) is 10.3. The zero-order valence-corrected chi connectivity index (χ0v) is 10.8. The van der Waals surface area contributed by atoms with E-state index >= 15 is 0 Å². The molecule has 90 valence electrons. The van der Waals surface area contributed by atoms with Crippen LogP contribution in [0.3, 0.4) is 0 Å². The lowest BCUT2D eigenvalue weighted by Gasteiger charge is -2.14. The van der Waals surface area contributed by atoms with Crippen molar-refractivity contribution in [3.05, 3.63) is 13.8 Å². The van der Waals surface area contributed by atoms with Crippen LogP contribution in [-0.2, 0) is 0 Å². The van der Waals surface area contributed by atoms with Gasteiger partial charge < -0.3 is 0 Å².